The van der Waals surface area contributed by atoms with Crippen LogP contribution in [-0.2, 0) is 31.4 Å². The number of aryl methyl sites for hydroxylation is 2. The number of amides is 2. The number of pyridine rings is 1. The average Bonchev–Trinajstić information content (AvgIpc) is 3.23. The molecule has 0 unspecified atom stereocenters. The van der Waals surface area contributed by atoms with Gasteiger partial charge in [-0.1, -0.05) is 48.5 Å². The second-order valence-corrected chi connectivity index (χ2v) is 8.91. The Hall–Kier alpha value is -4.19. The first kappa shape index (κ1) is 22.6. The van der Waals surface area contributed by atoms with Gasteiger partial charge >= 0.3 is 0 Å². The number of carbonyl (C=O) groups is 2. The van der Waals surface area contributed by atoms with E-state index in [0.717, 1.165) is 39.7 Å². The molecule has 1 aliphatic rings. The lowest BCUT2D eigenvalue weighted by atomic mass is 9.94. The molecular formula is C29H28N4O2. The average molecular weight is 465 g/mol. The minimum absolute atomic E-state index is 0.0239. The zero-order chi connectivity index (χ0) is 24.4. The number of hydrogen-bond acceptors (Lipinski definition) is 3. The maximum atomic E-state index is 13.4. The minimum Gasteiger partial charge on any atom is -0.348 e. The summed E-state index contributed by atoms with van der Waals surface area (Å²) in [5.74, 6) is -0.120. The Morgan fingerprint density at radius 1 is 1.09 bits per heavy atom. The summed E-state index contributed by atoms with van der Waals surface area (Å²) in [7, 11) is 1.94. The maximum absolute atomic E-state index is 13.4. The van der Waals surface area contributed by atoms with Crippen LogP contribution >= 0.6 is 0 Å². The van der Waals surface area contributed by atoms with Crippen molar-refractivity contribution in [2.75, 3.05) is 6.54 Å². The van der Waals surface area contributed by atoms with Crippen LogP contribution < -0.4 is 5.32 Å². The minimum atomic E-state index is -0.144. The fourth-order valence-corrected chi connectivity index (χ4v) is 4.76. The Morgan fingerprint density at radius 3 is 2.66 bits per heavy atom. The van der Waals surface area contributed by atoms with Crippen molar-refractivity contribution in [3.63, 3.8) is 0 Å². The smallest absolute Gasteiger partial charge is 0.270 e. The van der Waals surface area contributed by atoms with Crippen molar-refractivity contribution in [1.82, 2.24) is 19.8 Å². The second-order valence-electron chi connectivity index (χ2n) is 8.91. The molecule has 0 aliphatic carbocycles. The molecule has 4 aromatic rings. The molecule has 2 aromatic heterocycles. The highest BCUT2D eigenvalue weighted by Gasteiger charge is 2.26. The van der Waals surface area contributed by atoms with Gasteiger partial charge in [-0.05, 0) is 53.8 Å². The number of fused-ring (bicyclic) bond motifs is 2. The maximum Gasteiger partial charge on any atom is 0.270 e. The van der Waals surface area contributed by atoms with Gasteiger partial charge in [-0.25, -0.2) is 0 Å². The first-order chi connectivity index (χ1) is 17.0. The molecule has 0 radical (unpaired) electrons. The van der Waals surface area contributed by atoms with E-state index in [9.17, 15) is 9.59 Å². The van der Waals surface area contributed by atoms with Crippen LogP contribution in [0.5, 0.6) is 0 Å². The van der Waals surface area contributed by atoms with E-state index >= 15 is 0 Å². The second kappa shape index (κ2) is 9.58. The Kier molecular flexibility index (Phi) is 6.19. The van der Waals surface area contributed by atoms with E-state index in [1.807, 2.05) is 90.3 Å². The van der Waals surface area contributed by atoms with Gasteiger partial charge in [0.15, 0.2) is 0 Å². The van der Waals surface area contributed by atoms with Crippen LogP contribution in [0.3, 0.4) is 0 Å². The number of nitrogens with one attached hydrogen (secondary N) is 1. The quantitative estimate of drug-likeness (QED) is 0.445. The molecule has 2 amide bonds. The van der Waals surface area contributed by atoms with E-state index < -0.39 is 0 Å². The van der Waals surface area contributed by atoms with Gasteiger partial charge in [0.1, 0.15) is 5.69 Å². The first-order valence-corrected chi connectivity index (χ1v) is 11.8. The molecule has 6 nitrogen and oxygen atoms in total. The molecule has 1 aliphatic heterocycles. The van der Waals surface area contributed by atoms with Crippen LogP contribution in [0.4, 0.5) is 0 Å². The van der Waals surface area contributed by atoms with Crippen LogP contribution in [0, 0.1) is 6.92 Å². The summed E-state index contributed by atoms with van der Waals surface area (Å²) in [4.78, 5) is 32.2. The van der Waals surface area contributed by atoms with Crippen molar-refractivity contribution < 1.29 is 9.59 Å². The Labute approximate surface area is 204 Å². The molecule has 0 saturated heterocycles. The molecular weight excluding hydrogens is 436 g/mol. The summed E-state index contributed by atoms with van der Waals surface area (Å²) < 4.78 is 1.96. The van der Waals surface area contributed by atoms with Crippen LogP contribution in [0.1, 0.15) is 38.4 Å². The van der Waals surface area contributed by atoms with E-state index in [1.54, 1.807) is 12.2 Å². The van der Waals surface area contributed by atoms with Gasteiger partial charge in [0, 0.05) is 55.6 Å². The van der Waals surface area contributed by atoms with Crippen LogP contribution in [0.15, 0.2) is 72.9 Å². The van der Waals surface area contributed by atoms with Gasteiger partial charge in [-0.3, -0.25) is 14.6 Å². The molecule has 35 heavy (non-hydrogen) atoms. The molecule has 3 heterocycles. The summed E-state index contributed by atoms with van der Waals surface area (Å²) in [6.45, 7) is 3.52. The fourth-order valence-electron chi connectivity index (χ4n) is 4.76. The number of aromatic nitrogens is 2. The highest BCUT2D eigenvalue weighted by molar-refractivity contribution is 5.98. The number of hydrogen-bond donors (Lipinski definition) is 1. The molecule has 0 saturated carbocycles. The number of rotatable bonds is 5. The molecule has 6 heteroatoms. The standard InChI is InChI=1S/C29H28N4O2/c1-20-25(18-31-28(34)13-12-21-8-4-3-5-9-21)24-14-15-33(19-23(24)17-30-20)29(35)27-16-22-10-6-7-11-26(22)32(27)2/h3-13,16-17H,14-15,18-19H2,1-2H3,(H,31,34). The largest absolute Gasteiger partial charge is 0.348 e. The third kappa shape index (κ3) is 4.60. The molecule has 0 fully saturated rings. The topological polar surface area (TPSA) is 67.2 Å². The Balaban J connectivity index is 1.30. The predicted octanol–water partition coefficient (Wildman–Crippen LogP) is 4.41. The first-order valence-electron chi connectivity index (χ1n) is 11.8. The lowest BCUT2D eigenvalue weighted by Crippen LogP contribution is -2.37. The van der Waals surface area contributed by atoms with Crippen molar-refractivity contribution in [2.24, 2.45) is 7.05 Å². The summed E-state index contributed by atoms with van der Waals surface area (Å²) in [5, 5.41) is 4.06. The van der Waals surface area contributed by atoms with Crippen LogP contribution in [-0.4, -0.2) is 32.8 Å². The number of nitrogens with zero attached hydrogens (tertiary/aromatic N) is 3. The zero-order valence-corrected chi connectivity index (χ0v) is 20.0. The van der Waals surface area contributed by atoms with E-state index in [-0.39, 0.29) is 11.8 Å². The van der Waals surface area contributed by atoms with E-state index in [4.69, 9.17) is 0 Å². The lowest BCUT2D eigenvalue weighted by molar-refractivity contribution is -0.116. The van der Waals surface area contributed by atoms with Gasteiger partial charge < -0.3 is 14.8 Å². The molecule has 0 bridgehead atoms. The van der Waals surface area contributed by atoms with Crippen LogP contribution in [0.2, 0.25) is 0 Å². The lowest BCUT2D eigenvalue weighted by Gasteiger charge is -2.30. The van der Waals surface area contributed by atoms with E-state index in [0.29, 0.717) is 25.3 Å². The van der Waals surface area contributed by atoms with Gasteiger partial charge in [0.25, 0.3) is 5.91 Å². The third-order valence-electron chi connectivity index (χ3n) is 6.72. The van der Waals surface area contributed by atoms with Gasteiger partial charge in [0.05, 0.1) is 0 Å². The fraction of sp³-hybridized carbons (Fsp3) is 0.207. The molecule has 5 rings (SSSR count). The van der Waals surface area contributed by atoms with Crippen molar-refractivity contribution in [3.05, 3.63) is 107 Å². The monoisotopic (exact) mass is 464 g/mol. The van der Waals surface area contributed by atoms with Gasteiger partial charge in [-0.2, -0.15) is 0 Å². The summed E-state index contributed by atoms with van der Waals surface area (Å²) in [6.07, 6.45) is 5.96. The number of benzene rings is 2. The molecule has 2 aromatic carbocycles. The van der Waals surface area contributed by atoms with Gasteiger partial charge in [-0.15, -0.1) is 0 Å². The van der Waals surface area contributed by atoms with Crippen molar-refractivity contribution in [1.29, 1.82) is 0 Å². The van der Waals surface area contributed by atoms with Crippen LogP contribution in [0.25, 0.3) is 17.0 Å². The molecule has 1 N–H and O–H groups in total. The van der Waals surface area contributed by atoms with Crippen molar-refractivity contribution >= 4 is 28.8 Å². The van der Waals surface area contributed by atoms with Crippen molar-refractivity contribution in [2.45, 2.75) is 26.4 Å². The van der Waals surface area contributed by atoms with E-state index in [2.05, 4.69) is 10.3 Å². The zero-order valence-electron chi connectivity index (χ0n) is 20.0. The normalized spacial score (nSPS) is 13.3. The third-order valence-corrected chi connectivity index (χ3v) is 6.72. The van der Waals surface area contributed by atoms with E-state index in [1.165, 1.54) is 5.56 Å². The summed E-state index contributed by atoms with van der Waals surface area (Å²) in [5.41, 5.74) is 6.89. The van der Waals surface area contributed by atoms with Crippen molar-refractivity contribution in [3.8, 4) is 0 Å². The summed E-state index contributed by atoms with van der Waals surface area (Å²) in [6, 6.07) is 19.7. The SMILES string of the molecule is Cc1ncc2c(c1CNC(=O)C=Cc1ccccc1)CCN(C(=O)c1cc3ccccc3n1C)C2. The Bertz CT molecular complexity index is 1440. The number of carbonyl (C=O) groups excluding carboxylic acids is 2. The molecule has 0 atom stereocenters. The summed E-state index contributed by atoms with van der Waals surface area (Å²) >= 11 is 0. The highest BCUT2D eigenvalue weighted by atomic mass is 16.2. The number of para-hydroxylation sites is 1. The molecule has 0 spiro atoms. The van der Waals surface area contributed by atoms with Gasteiger partial charge in [0.2, 0.25) is 5.91 Å². The Morgan fingerprint density at radius 2 is 1.86 bits per heavy atom. The highest BCUT2D eigenvalue weighted by Crippen LogP contribution is 2.26. The molecule has 176 valence electrons. The predicted molar refractivity (Wildman–Crippen MR) is 138 cm³/mol.